The number of aromatic nitrogens is 1. The normalized spacial score (nSPS) is 17.6. The summed E-state index contributed by atoms with van der Waals surface area (Å²) in [7, 11) is -0.381. The van der Waals surface area contributed by atoms with E-state index in [0.717, 1.165) is 49.6 Å². The van der Waals surface area contributed by atoms with Crippen molar-refractivity contribution in [2.75, 3.05) is 0 Å². The van der Waals surface area contributed by atoms with Crippen LogP contribution in [0.5, 0.6) is 0 Å². The zero-order chi connectivity index (χ0) is 22.1. The lowest BCUT2D eigenvalue weighted by Crippen LogP contribution is -2.41. The molecule has 3 heterocycles. The average Bonchev–Trinajstić information content (AvgIpc) is 3.27. The Hall–Kier alpha value is -3.15. The topological polar surface area (TPSA) is 44.5 Å². The molecule has 0 N–H and O–H groups in total. The molecule has 32 heavy (non-hydrogen) atoms. The number of rotatable bonds is 2. The van der Waals surface area contributed by atoms with Crippen LogP contribution in [0.25, 0.3) is 44.1 Å². The highest BCUT2D eigenvalue weighted by atomic mass is 16.7. The lowest BCUT2D eigenvalue weighted by Gasteiger charge is -2.32. The summed E-state index contributed by atoms with van der Waals surface area (Å²) in [6.45, 7) is 8.28. The van der Waals surface area contributed by atoms with Gasteiger partial charge >= 0.3 is 7.12 Å². The first-order valence-corrected chi connectivity index (χ1v) is 11.0. The Kier molecular flexibility index (Phi) is 4.08. The standard InChI is InChI=1S/C27H24BNO3/c1-26(2)27(3,4)32-28(31-26)18-15-13-17(14-16-18)24-23-20-10-6-8-12-22(20)30-25(23)19-9-5-7-11-21(19)29-24/h5-16H,1-4H3. The van der Waals surface area contributed by atoms with Crippen LogP contribution in [0.15, 0.2) is 77.2 Å². The first kappa shape index (κ1) is 19.5. The quantitative estimate of drug-likeness (QED) is 0.323. The molecule has 0 spiro atoms. The van der Waals surface area contributed by atoms with Gasteiger partial charge in [-0.05, 0) is 51.4 Å². The highest BCUT2D eigenvalue weighted by molar-refractivity contribution is 6.62. The van der Waals surface area contributed by atoms with Crippen LogP contribution in [-0.2, 0) is 9.31 Å². The fraction of sp³-hybridized carbons (Fsp3) is 0.222. The van der Waals surface area contributed by atoms with Crippen molar-refractivity contribution in [1.29, 1.82) is 0 Å². The fourth-order valence-electron chi connectivity index (χ4n) is 4.40. The van der Waals surface area contributed by atoms with Crippen LogP contribution >= 0.6 is 0 Å². The highest BCUT2D eigenvalue weighted by Crippen LogP contribution is 2.39. The van der Waals surface area contributed by atoms with Gasteiger partial charge < -0.3 is 13.7 Å². The first-order valence-electron chi connectivity index (χ1n) is 11.0. The van der Waals surface area contributed by atoms with Crippen molar-refractivity contribution in [2.24, 2.45) is 0 Å². The van der Waals surface area contributed by atoms with Gasteiger partial charge in [0.1, 0.15) is 11.2 Å². The van der Waals surface area contributed by atoms with Gasteiger partial charge in [-0.3, -0.25) is 0 Å². The number of fused-ring (bicyclic) bond motifs is 5. The molecule has 0 amide bonds. The van der Waals surface area contributed by atoms with Gasteiger partial charge in [0, 0.05) is 16.3 Å². The minimum absolute atomic E-state index is 0.363. The van der Waals surface area contributed by atoms with Crippen molar-refractivity contribution in [1.82, 2.24) is 4.98 Å². The second kappa shape index (κ2) is 6.68. The Bertz CT molecular complexity index is 1470. The molecule has 2 aromatic heterocycles. The van der Waals surface area contributed by atoms with E-state index in [4.69, 9.17) is 18.7 Å². The average molecular weight is 421 g/mol. The maximum Gasteiger partial charge on any atom is 0.494 e. The van der Waals surface area contributed by atoms with E-state index in [0.29, 0.717) is 0 Å². The summed E-state index contributed by atoms with van der Waals surface area (Å²) in [5, 5.41) is 3.14. The number of furan rings is 1. The van der Waals surface area contributed by atoms with E-state index in [9.17, 15) is 0 Å². The van der Waals surface area contributed by atoms with E-state index in [1.54, 1.807) is 0 Å². The number of pyridine rings is 1. The van der Waals surface area contributed by atoms with Gasteiger partial charge in [-0.2, -0.15) is 0 Å². The van der Waals surface area contributed by atoms with Crippen LogP contribution in [0.4, 0.5) is 0 Å². The molecule has 5 aromatic rings. The highest BCUT2D eigenvalue weighted by Gasteiger charge is 2.51. The number of nitrogens with zero attached hydrogens (tertiary/aromatic N) is 1. The summed E-state index contributed by atoms with van der Waals surface area (Å²) >= 11 is 0. The van der Waals surface area contributed by atoms with Gasteiger partial charge in [-0.15, -0.1) is 0 Å². The predicted octanol–water partition coefficient (Wildman–Crippen LogP) is 6.10. The van der Waals surface area contributed by atoms with Gasteiger partial charge in [0.25, 0.3) is 0 Å². The van der Waals surface area contributed by atoms with Crippen molar-refractivity contribution >= 4 is 45.4 Å². The predicted molar refractivity (Wildman–Crippen MR) is 130 cm³/mol. The van der Waals surface area contributed by atoms with E-state index >= 15 is 0 Å². The molecule has 4 nitrogen and oxygen atoms in total. The zero-order valence-electron chi connectivity index (χ0n) is 18.7. The van der Waals surface area contributed by atoms with Crippen molar-refractivity contribution < 1.29 is 13.7 Å². The second-order valence-electron chi connectivity index (χ2n) is 9.49. The molecule has 1 aliphatic rings. The summed E-state index contributed by atoms with van der Waals surface area (Å²) in [6.07, 6.45) is 0. The summed E-state index contributed by atoms with van der Waals surface area (Å²) in [5.74, 6) is 0. The van der Waals surface area contributed by atoms with Gasteiger partial charge in [0.05, 0.1) is 27.8 Å². The molecule has 6 rings (SSSR count). The van der Waals surface area contributed by atoms with E-state index in [-0.39, 0.29) is 18.3 Å². The molecular formula is C27H24BNO3. The third kappa shape index (κ3) is 2.82. The molecule has 0 atom stereocenters. The molecule has 0 unspecified atom stereocenters. The lowest BCUT2D eigenvalue weighted by atomic mass is 9.78. The van der Waals surface area contributed by atoms with Crippen LogP contribution in [0.3, 0.4) is 0 Å². The van der Waals surface area contributed by atoms with E-state index in [1.165, 1.54) is 0 Å². The van der Waals surface area contributed by atoms with Crippen LogP contribution in [0.2, 0.25) is 0 Å². The molecule has 0 radical (unpaired) electrons. The molecule has 0 aliphatic carbocycles. The molecule has 0 bridgehead atoms. The van der Waals surface area contributed by atoms with Crippen molar-refractivity contribution in [3.05, 3.63) is 72.8 Å². The Morgan fingerprint density at radius 1 is 0.719 bits per heavy atom. The minimum atomic E-state index is -0.381. The van der Waals surface area contributed by atoms with Crippen LogP contribution in [0.1, 0.15) is 27.7 Å². The Labute approximate surface area is 187 Å². The van der Waals surface area contributed by atoms with Crippen molar-refractivity contribution in [2.45, 2.75) is 38.9 Å². The van der Waals surface area contributed by atoms with Crippen molar-refractivity contribution in [3.63, 3.8) is 0 Å². The summed E-state index contributed by atoms with van der Waals surface area (Å²) in [5.41, 5.74) is 4.90. The first-order chi connectivity index (χ1) is 15.3. The van der Waals surface area contributed by atoms with E-state index in [2.05, 4.69) is 64.1 Å². The number of para-hydroxylation sites is 2. The molecule has 1 saturated heterocycles. The minimum Gasteiger partial charge on any atom is -0.455 e. The summed E-state index contributed by atoms with van der Waals surface area (Å²) in [6, 6.07) is 24.6. The largest absolute Gasteiger partial charge is 0.494 e. The Morgan fingerprint density at radius 2 is 1.34 bits per heavy atom. The SMILES string of the molecule is CC1(C)OB(c2ccc(-c3nc4ccccc4c4oc5ccccc5c34)cc2)OC1(C)C. The van der Waals surface area contributed by atoms with Gasteiger partial charge in [0.15, 0.2) is 0 Å². The Morgan fingerprint density at radius 3 is 2.06 bits per heavy atom. The van der Waals surface area contributed by atoms with Crippen LogP contribution in [-0.4, -0.2) is 23.3 Å². The molecule has 3 aromatic carbocycles. The summed E-state index contributed by atoms with van der Waals surface area (Å²) in [4.78, 5) is 5.05. The maximum atomic E-state index is 6.30. The molecule has 1 fully saturated rings. The number of benzene rings is 3. The van der Waals surface area contributed by atoms with Crippen molar-refractivity contribution in [3.8, 4) is 11.3 Å². The monoisotopic (exact) mass is 421 g/mol. The lowest BCUT2D eigenvalue weighted by molar-refractivity contribution is 0.00578. The summed E-state index contributed by atoms with van der Waals surface area (Å²) < 4.78 is 18.7. The number of hydrogen-bond donors (Lipinski definition) is 0. The van der Waals surface area contributed by atoms with E-state index < -0.39 is 0 Å². The van der Waals surface area contributed by atoms with E-state index in [1.807, 2.05) is 36.4 Å². The van der Waals surface area contributed by atoms with Gasteiger partial charge in [-0.25, -0.2) is 4.98 Å². The molecule has 5 heteroatoms. The molecular weight excluding hydrogens is 397 g/mol. The second-order valence-corrected chi connectivity index (χ2v) is 9.49. The number of hydrogen-bond acceptors (Lipinski definition) is 4. The van der Waals surface area contributed by atoms with Gasteiger partial charge in [0.2, 0.25) is 0 Å². The maximum absolute atomic E-state index is 6.30. The smallest absolute Gasteiger partial charge is 0.455 e. The third-order valence-corrected chi connectivity index (χ3v) is 6.92. The Balaban J connectivity index is 1.51. The van der Waals surface area contributed by atoms with Crippen LogP contribution in [0, 0.1) is 0 Å². The fourth-order valence-corrected chi connectivity index (χ4v) is 4.40. The molecule has 1 aliphatic heterocycles. The third-order valence-electron chi connectivity index (χ3n) is 6.92. The zero-order valence-corrected chi connectivity index (χ0v) is 18.7. The molecule has 0 saturated carbocycles. The molecule has 158 valence electrons. The van der Waals surface area contributed by atoms with Crippen LogP contribution < -0.4 is 5.46 Å². The van der Waals surface area contributed by atoms with Gasteiger partial charge in [-0.1, -0.05) is 54.6 Å².